The minimum absolute atomic E-state index is 0.109. The van der Waals surface area contributed by atoms with Crippen LogP contribution in [0.5, 0.6) is 5.88 Å². The summed E-state index contributed by atoms with van der Waals surface area (Å²) in [4.78, 5) is 4.35. The fourth-order valence-corrected chi connectivity index (χ4v) is 5.05. The van der Waals surface area contributed by atoms with Crippen molar-refractivity contribution in [1.29, 1.82) is 0 Å². The summed E-state index contributed by atoms with van der Waals surface area (Å²) >= 11 is 2.02. The molecule has 0 aliphatic carbocycles. The molecule has 0 radical (unpaired) electrons. The van der Waals surface area contributed by atoms with Crippen molar-refractivity contribution in [3.05, 3.63) is 23.9 Å². The minimum Gasteiger partial charge on any atom is -0.481 e. The van der Waals surface area contributed by atoms with Crippen molar-refractivity contribution in [3.8, 4) is 5.88 Å². The molecule has 21 heavy (non-hydrogen) atoms. The third-order valence-electron chi connectivity index (χ3n) is 4.71. The molecule has 116 valence electrons. The number of methoxy groups -OCH3 is 1. The van der Waals surface area contributed by atoms with Crippen molar-refractivity contribution in [2.45, 2.75) is 30.9 Å². The second-order valence-electron chi connectivity index (χ2n) is 5.96. The molecule has 2 aliphatic heterocycles. The molecule has 1 spiro atoms. The maximum atomic E-state index is 6.15. The molecule has 5 heteroatoms. The number of rotatable bonds is 4. The predicted molar refractivity (Wildman–Crippen MR) is 85.9 cm³/mol. The van der Waals surface area contributed by atoms with E-state index in [1.165, 1.54) is 12.2 Å². The van der Waals surface area contributed by atoms with E-state index in [0.29, 0.717) is 5.92 Å². The molecule has 2 fully saturated rings. The summed E-state index contributed by atoms with van der Waals surface area (Å²) in [5.74, 6) is 3.68. The maximum Gasteiger partial charge on any atom is 0.217 e. The van der Waals surface area contributed by atoms with E-state index in [9.17, 15) is 0 Å². The number of hydrogen-bond donors (Lipinski definition) is 1. The lowest BCUT2D eigenvalue weighted by atomic mass is 9.79. The van der Waals surface area contributed by atoms with Gasteiger partial charge in [0.25, 0.3) is 0 Å². The van der Waals surface area contributed by atoms with Crippen LogP contribution in [0, 0.1) is 5.92 Å². The van der Waals surface area contributed by atoms with Crippen LogP contribution in [-0.2, 0) is 4.74 Å². The molecule has 2 aliphatic rings. The van der Waals surface area contributed by atoms with Crippen LogP contribution in [-0.4, -0.2) is 42.9 Å². The van der Waals surface area contributed by atoms with Crippen molar-refractivity contribution in [2.75, 3.05) is 32.3 Å². The lowest BCUT2D eigenvalue weighted by Crippen LogP contribution is -2.43. The Balaban J connectivity index is 1.82. The van der Waals surface area contributed by atoms with E-state index in [-0.39, 0.29) is 11.6 Å². The van der Waals surface area contributed by atoms with Gasteiger partial charge in [0.1, 0.15) is 0 Å². The number of nitrogens with one attached hydrogen (secondary N) is 1. The largest absolute Gasteiger partial charge is 0.481 e. The number of pyridine rings is 1. The zero-order valence-electron chi connectivity index (χ0n) is 12.8. The predicted octanol–water partition coefficient (Wildman–Crippen LogP) is 2.65. The summed E-state index contributed by atoms with van der Waals surface area (Å²) in [5.41, 5.74) is 1.27. The van der Waals surface area contributed by atoms with Gasteiger partial charge in [-0.15, -0.1) is 0 Å². The molecule has 3 rings (SSSR count). The van der Waals surface area contributed by atoms with Crippen LogP contribution in [0.2, 0.25) is 0 Å². The van der Waals surface area contributed by atoms with Crippen LogP contribution >= 0.6 is 11.8 Å². The summed E-state index contributed by atoms with van der Waals surface area (Å²) < 4.78 is 11.6. The van der Waals surface area contributed by atoms with Crippen molar-refractivity contribution in [2.24, 2.45) is 5.92 Å². The topological polar surface area (TPSA) is 43.4 Å². The summed E-state index contributed by atoms with van der Waals surface area (Å²) in [6.45, 7) is 0.867. The molecular weight excluding hydrogens is 284 g/mol. The van der Waals surface area contributed by atoms with Crippen molar-refractivity contribution < 1.29 is 9.47 Å². The molecule has 0 aromatic carbocycles. The smallest absolute Gasteiger partial charge is 0.217 e. The van der Waals surface area contributed by atoms with Crippen LogP contribution in [0.25, 0.3) is 0 Å². The van der Waals surface area contributed by atoms with Crippen LogP contribution in [0.15, 0.2) is 18.3 Å². The molecule has 3 atom stereocenters. The number of nitrogens with zero attached hydrogens (tertiary/aromatic N) is 1. The SMILES string of the molecule is CNC(c1cccnc1OC)C1CCOC2(CCSC2)C1. The molecular formula is C16H24N2O2S. The first-order valence-corrected chi connectivity index (χ1v) is 8.81. The van der Waals surface area contributed by atoms with Crippen molar-refractivity contribution in [3.63, 3.8) is 0 Å². The molecule has 3 heterocycles. The van der Waals surface area contributed by atoms with Crippen molar-refractivity contribution >= 4 is 11.8 Å². The standard InChI is InChI=1S/C16H24N2O2S/c1-17-14(13-4-3-7-18-15(13)19-2)12-5-8-20-16(10-12)6-9-21-11-16/h3-4,7,12,14,17H,5-6,8-11H2,1-2H3. The van der Waals surface area contributed by atoms with E-state index in [1.54, 1.807) is 13.3 Å². The van der Waals surface area contributed by atoms with E-state index in [0.717, 1.165) is 36.6 Å². The summed E-state index contributed by atoms with van der Waals surface area (Å²) in [6, 6.07) is 4.39. The monoisotopic (exact) mass is 308 g/mol. The highest BCUT2D eigenvalue weighted by Crippen LogP contribution is 2.44. The Morgan fingerprint density at radius 2 is 2.48 bits per heavy atom. The second-order valence-corrected chi connectivity index (χ2v) is 7.06. The Morgan fingerprint density at radius 1 is 1.57 bits per heavy atom. The Kier molecular flexibility index (Phi) is 4.72. The van der Waals surface area contributed by atoms with E-state index >= 15 is 0 Å². The zero-order chi connectivity index (χ0) is 14.7. The van der Waals surface area contributed by atoms with E-state index < -0.39 is 0 Å². The molecule has 1 N–H and O–H groups in total. The van der Waals surface area contributed by atoms with Gasteiger partial charge in [0, 0.05) is 30.2 Å². The minimum atomic E-state index is 0.109. The molecule has 0 saturated carbocycles. The number of aromatic nitrogens is 1. The first-order valence-electron chi connectivity index (χ1n) is 7.66. The number of ether oxygens (including phenoxy) is 2. The molecule has 0 amide bonds. The summed E-state index contributed by atoms with van der Waals surface area (Å²) in [7, 11) is 3.72. The van der Waals surface area contributed by atoms with E-state index in [1.807, 2.05) is 24.9 Å². The molecule has 1 aromatic heterocycles. The highest BCUT2D eigenvalue weighted by Gasteiger charge is 2.42. The highest BCUT2D eigenvalue weighted by molar-refractivity contribution is 7.99. The van der Waals surface area contributed by atoms with Crippen molar-refractivity contribution in [1.82, 2.24) is 10.3 Å². The fraction of sp³-hybridized carbons (Fsp3) is 0.688. The Hall–Kier alpha value is -0.780. The van der Waals surface area contributed by atoms with Crippen LogP contribution in [0.1, 0.15) is 30.9 Å². The first kappa shape index (κ1) is 15.1. The number of thioether (sulfide) groups is 1. The number of hydrogen-bond acceptors (Lipinski definition) is 5. The average Bonchev–Trinajstić information content (AvgIpc) is 2.96. The fourth-order valence-electron chi connectivity index (χ4n) is 3.67. The van der Waals surface area contributed by atoms with E-state index in [4.69, 9.17) is 9.47 Å². The van der Waals surface area contributed by atoms with Gasteiger partial charge in [0.2, 0.25) is 5.88 Å². The molecule has 3 unspecified atom stereocenters. The Labute approximate surface area is 131 Å². The molecule has 1 aromatic rings. The van der Waals surface area contributed by atoms with Gasteiger partial charge in [-0.3, -0.25) is 0 Å². The first-order chi connectivity index (χ1) is 10.3. The quantitative estimate of drug-likeness (QED) is 0.926. The van der Waals surface area contributed by atoms with Gasteiger partial charge in [0.05, 0.1) is 12.7 Å². The Morgan fingerprint density at radius 3 is 3.19 bits per heavy atom. The summed E-state index contributed by atoms with van der Waals surface area (Å²) in [5, 5.41) is 3.49. The third kappa shape index (κ3) is 3.05. The van der Waals surface area contributed by atoms with Crippen LogP contribution in [0.4, 0.5) is 0 Å². The molecule has 2 saturated heterocycles. The zero-order valence-corrected chi connectivity index (χ0v) is 13.6. The lowest BCUT2D eigenvalue weighted by molar-refractivity contribution is -0.0851. The Bertz CT molecular complexity index is 477. The summed E-state index contributed by atoms with van der Waals surface area (Å²) in [6.07, 6.45) is 5.20. The molecule has 4 nitrogen and oxygen atoms in total. The van der Waals surface area contributed by atoms with Gasteiger partial charge in [-0.05, 0) is 44.0 Å². The van der Waals surface area contributed by atoms with Crippen LogP contribution < -0.4 is 10.1 Å². The van der Waals surface area contributed by atoms with Gasteiger partial charge in [-0.2, -0.15) is 11.8 Å². The highest BCUT2D eigenvalue weighted by atomic mass is 32.2. The van der Waals surface area contributed by atoms with Gasteiger partial charge in [-0.25, -0.2) is 4.98 Å². The van der Waals surface area contributed by atoms with Gasteiger partial charge in [-0.1, -0.05) is 6.07 Å². The second kappa shape index (κ2) is 6.55. The van der Waals surface area contributed by atoms with E-state index in [2.05, 4.69) is 16.4 Å². The normalized spacial score (nSPS) is 30.5. The lowest BCUT2D eigenvalue weighted by Gasteiger charge is -2.41. The van der Waals surface area contributed by atoms with Crippen LogP contribution in [0.3, 0.4) is 0 Å². The third-order valence-corrected chi connectivity index (χ3v) is 5.93. The van der Waals surface area contributed by atoms with Gasteiger partial charge in [0.15, 0.2) is 0 Å². The van der Waals surface area contributed by atoms with Gasteiger partial charge < -0.3 is 14.8 Å². The van der Waals surface area contributed by atoms with Gasteiger partial charge >= 0.3 is 0 Å². The maximum absolute atomic E-state index is 6.15. The molecule has 0 bridgehead atoms. The average molecular weight is 308 g/mol.